The van der Waals surface area contributed by atoms with Crippen LogP contribution in [-0.2, 0) is 17.9 Å². The molecular formula is C10H14F3N3O3. The van der Waals surface area contributed by atoms with Crippen molar-refractivity contribution in [1.29, 1.82) is 0 Å². The van der Waals surface area contributed by atoms with E-state index in [-0.39, 0.29) is 0 Å². The van der Waals surface area contributed by atoms with Crippen molar-refractivity contribution in [3.8, 4) is 0 Å². The molecule has 0 saturated carbocycles. The van der Waals surface area contributed by atoms with Gasteiger partial charge in [0.1, 0.15) is 0 Å². The van der Waals surface area contributed by atoms with Crippen LogP contribution in [0.3, 0.4) is 0 Å². The number of alkyl halides is 3. The largest absolute Gasteiger partial charge is 0.490 e. The van der Waals surface area contributed by atoms with Gasteiger partial charge < -0.3 is 15.5 Å². The molecule has 0 fully saturated rings. The summed E-state index contributed by atoms with van der Waals surface area (Å²) in [5.41, 5.74) is 1.94. The fourth-order valence-electron chi connectivity index (χ4n) is 1.42. The van der Waals surface area contributed by atoms with Gasteiger partial charge in [0.05, 0.1) is 24.0 Å². The number of aliphatic hydroxyl groups excluding tert-OH is 1. The van der Waals surface area contributed by atoms with Crippen LogP contribution in [0.15, 0.2) is 6.07 Å². The second-order valence-electron chi connectivity index (χ2n) is 3.94. The summed E-state index contributed by atoms with van der Waals surface area (Å²) in [4.78, 5) is 8.90. The highest BCUT2D eigenvalue weighted by Crippen LogP contribution is 2.14. The van der Waals surface area contributed by atoms with Crippen LogP contribution in [-0.4, -0.2) is 38.7 Å². The van der Waals surface area contributed by atoms with E-state index in [1.165, 1.54) is 0 Å². The number of carbonyl (C=O) groups is 1. The van der Waals surface area contributed by atoms with Crippen LogP contribution in [0.4, 0.5) is 13.2 Å². The molecule has 0 saturated heterocycles. The van der Waals surface area contributed by atoms with Crippen molar-refractivity contribution in [1.82, 2.24) is 15.1 Å². The molecular weight excluding hydrogens is 267 g/mol. The first-order valence-corrected chi connectivity index (χ1v) is 5.47. The zero-order valence-electron chi connectivity index (χ0n) is 10.1. The highest BCUT2D eigenvalue weighted by molar-refractivity contribution is 5.73. The first kappa shape index (κ1) is 15.4. The van der Waals surface area contributed by atoms with Crippen molar-refractivity contribution in [2.24, 2.45) is 0 Å². The predicted molar refractivity (Wildman–Crippen MR) is 58.3 cm³/mol. The standard InChI is InChI=1S/C8H13N3O.C2HF3O2/c1-6(12)8-4-7-5-9-2-3-11(7)10-8;3-2(4,5)1(6)7/h4,6,9,12H,2-3,5H2,1H3;(H,6,7). The summed E-state index contributed by atoms with van der Waals surface area (Å²) in [6.07, 6.45) is -5.54. The molecule has 0 aliphatic carbocycles. The van der Waals surface area contributed by atoms with Crippen molar-refractivity contribution in [3.63, 3.8) is 0 Å². The van der Waals surface area contributed by atoms with Gasteiger partial charge in [-0.3, -0.25) is 4.68 Å². The number of rotatable bonds is 1. The van der Waals surface area contributed by atoms with Gasteiger partial charge in [-0.1, -0.05) is 0 Å². The molecule has 1 unspecified atom stereocenters. The Kier molecular flexibility index (Phi) is 4.90. The van der Waals surface area contributed by atoms with E-state index in [9.17, 15) is 18.3 Å². The van der Waals surface area contributed by atoms with Crippen molar-refractivity contribution in [2.75, 3.05) is 6.54 Å². The molecule has 0 spiro atoms. The first-order chi connectivity index (χ1) is 8.71. The molecule has 1 aliphatic rings. The lowest BCUT2D eigenvalue weighted by molar-refractivity contribution is -0.192. The van der Waals surface area contributed by atoms with Gasteiger partial charge in [0.2, 0.25) is 0 Å². The monoisotopic (exact) mass is 281 g/mol. The molecule has 0 aromatic carbocycles. The molecule has 1 aromatic heterocycles. The van der Waals surface area contributed by atoms with Crippen molar-refractivity contribution in [3.05, 3.63) is 17.5 Å². The highest BCUT2D eigenvalue weighted by atomic mass is 19.4. The molecule has 1 atom stereocenters. The van der Waals surface area contributed by atoms with E-state index < -0.39 is 18.2 Å². The number of nitrogens with one attached hydrogen (secondary N) is 1. The Morgan fingerprint density at radius 1 is 1.58 bits per heavy atom. The molecule has 0 amide bonds. The van der Waals surface area contributed by atoms with Crippen LogP contribution in [0.5, 0.6) is 0 Å². The Morgan fingerprint density at radius 3 is 2.58 bits per heavy atom. The fraction of sp³-hybridized carbons (Fsp3) is 0.600. The molecule has 1 aromatic rings. The van der Waals surface area contributed by atoms with Gasteiger partial charge >= 0.3 is 12.1 Å². The van der Waals surface area contributed by atoms with Crippen molar-refractivity contribution in [2.45, 2.75) is 32.3 Å². The molecule has 19 heavy (non-hydrogen) atoms. The zero-order chi connectivity index (χ0) is 14.6. The summed E-state index contributed by atoms with van der Waals surface area (Å²) < 4.78 is 33.7. The third-order valence-electron chi connectivity index (χ3n) is 2.36. The predicted octanol–water partition coefficient (Wildman–Crippen LogP) is 0.673. The van der Waals surface area contributed by atoms with Crippen LogP contribution in [0, 0.1) is 0 Å². The van der Waals surface area contributed by atoms with Crippen LogP contribution < -0.4 is 5.32 Å². The maximum absolute atomic E-state index is 10.6. The Labute approximate surface area is 106 Å². The number of carboxylic acids is 1. The summed E-state index contributed by atoms with van der Waals surface area (Å²) in [5, 5.41) is 23.9. The van der Waals surface area contributed by atoms with Crippen molar-refractivity contribution >= 4 is 5.97 Å². The van der Waals surface area contributed by atoms with Crippen LogP contribution in [0.25, 0.3) is 0 Å². The molecule has 0 radical (unpaired) electrons. The minimum atomic E-state index is -5.08. The fourth-order valence-corrected chi connectivity index (χ4v) is 1.42. The number of carboxylic acid groups (broad SMARTS) is 1. The Morgan fingerprint density at radius 2 is 2.16 bits per heavy atom. The average molecular weight is 281 g/mol. The number of nitrogens with zero attached hydrogens (tertiary/aromatic N) is 2. The Balaban J connectivity index is 0.000000224. The van der Waals surface area contributed by atoms with E-state index in [1.807, 2.05) is 10.7 Å². The smallest absolute Gasteiger partial charge is 0.475 e. The third-order valence-corrected chi connectivity index (χ3v) is 2.36. The maximum atomic E-state index is 10.6. The molecule has 9 heteroatoms. The summed E-state index contributed by atoms with van der Waals surface area (Å²) in [6.45, 7) is 4.47. The highest BCUT2D eigenvalue weighted by Gasteiger charge is 2.38. The lowest BCUT2D eigenvalue weighted by Gasteiger charge is -2.13. The van der Waals surface area contributed by atoms with Gasteiger partial charge in [-0.05, 0) is 13.0 Å². The number of aliphatic hydroxyl groups is 1. The van der Waals surface area contributed by atoms with Gasteiger partial charge in [-0.25, -0.2) is 4.79 Å². The van der Waals surface area contributed by atoms with Gasteiger partial charge in [0.15, 0.2) is 0 Å². The molecule has 2 heterocycles. The van der Waals surface area contributed by atoms with E-state index in [2.05, 4.69) is 10.4 Å². The Hall–Kier alpha value is -1.61. The first-order valence-electron chi connectivity index (χ1n) is 5.47. The van der Waals surface area contributed by atoms with Crippen LogP contribution in [0.1, 0.15) is 24.4 Å². The second kappa shape index (κ2) is 6.02. The topological polar surface area (TPSA) is 87.4 Å². The third kappa shape index (κ3) is 4.52. The number of halogens is 3. The maximum Gasteiger partial charge on any atom is 0.490 e. The van der Waals surface area contributed by atoms with Gasteiger partial charge in [0.25, 0.3) is 0 Å². The number of hydrogen-bond donors (Lipinski definition) is 3. The summed E-state index contributed by atoms with van der Waals surface area (Å²) in [6, 6.07) is 1.96. The number of fused-ring (bicyclic) bond motifs is 1. The quantitative estimate of drug-likeness (QED) is 0.704. The summed E-state index contributed by atoms with van der Waals surface area (Å²) in [7, 11) is 0. The van der Waals surface area contributed by atoms with Crippen LogP contribution in [0.2, 0.25) is 0 Å². The van der Waals surface area contributed by atoms with E-state index in [1.54, 1.807) is 6.92 Å². The number of aliphatic carboxylic acids is 1. The molecule has 1 aliphatic heterocycles. The van der Waals surface area contributed by atoms with E-state index in [0.29, 0.717) is 0 Å². The van der Waals surface area contributed by atoms with Gasteiger partial charge in [0, 0.05) is 13.1 Å². The SMILES string of the molecule is CC(O)c1cc2n(n1)CCNC2.O=C(O)C(F)(F)F. The average Bonchev–Trinajstić information content (AvgIpc) is 2.72. The normalized spacial score (nSPS) is 16.1. The van der Waals surface area contributed by atoms with E-state index in [4.69, 9.17) is 9.90 Å². The van der Waals surface area contributed by atoms with Gasteiger partial charge in [-0.15, -0.1) is 0 Å². The Bertz CT molecular complexity index is 419. The lowest BCUT2D eigenvalue weighted by Crippen LogP contribution is -2.28. The molecule has 0 bridgehead atoms. The zero-order valence-corrected chi connectivity index (χ0v) is 10.1. The number of hydrogen-bond acceptors (Lipinski definition) is 4. The molecule has 6 nitrogen and oxygen atoms in total. The molecule has 3 N–H and O–H groups in total. The molecule has 2 rings (SSSR count). The lowest BCUT2D eigenvalue weighted by atomic mass is 10.2. The minimum absolute atomic E-state index is 0.455. The van der Waals surface area contributed by atoms with Crippen molar-refractivity contribution < 1.29 is 28.2 Å². The summed E-state index contributed by atoms with van der Waals surface area (Å²) >= 11 is 0. The minimum Gasteiger partial charge on any atom is -0.475 e. The second-order valence-corrected chi connectivity index (χ2v) is 3.94. The van der Waals surface area contributed by atoms with E-state index >= 15 is 0 Å². The van der Waals surface area contributed by atoms with Crippen LogP contribution >= 0.6 is 0 Å². The number of aromatic nitrogens is 2. The van der Waals surface area contributed by atoms with E-state index in [0.717, 1.165) is 31.0 Å². The summed E-state index contributed by atoms with van der Waals surface area (Å²) in [5.74, 6) is -2.76. The molecule has 108 valence electrons. The van der Waals surface area contributed by atoms with Gasteiger partial charge in [-0.2, -0.15) is 18.3 Å².